The Kier molecular flexibility index (Phi) is 5.81. The van der Waals surface area contributed by atoms with Gasteiger partial charge in [0.1, 0.15) is 5.75 Å². The van der Waals surface area contributed by atoms with E-state index in [4.69, 9.17) is 17.0 Å². The van der Waals surface area contributed by atoms with Crippen molar-refractivity contribution in [3.63, 3.8) is 0 Å². The van der Waals surface area contributed by atoms with Gasteiger partial charge in [-0.15, -0.1) is 0 Å². The van der Waals surface area contributed by atoms with Crippen LogP contribution in [0, 0.1) is 4.77 Å². The number of ether oxygens (including phenoxy) is 1. The minimum atomic E-state index is -0.369. The van der Waals surface area contributed by atoms with Crippen LogP contribution in [0.5, 0.6) is 5.75 Å². The van der Waals surface area contributed by atoms with E-state index in [0.717, 1.165) is 5.56 Å². The van der Waals surface area contributed by atoms with Crippen molar-refractivity contribution in [1.29, 1.82) is 0 Å². The van der Waals surface area contributed by atoms with Gasteiger partial charge < -0.3 is 9.72 Å². The molecular formula is C15H16N4O3S. The Balaban J connectivity index is 1.99. The number of benzene rings is 1. The molecule has 0 bridgehead atoms. The van der Waals surface area contributed by atoms with Crippen LogP contribution in [-0.2, 0) is 11.2 Å². The van der Waals surface area contributed by atoms with Crippen molar-refractivity contribution < 1.29 is 9.53 Å². The number of aromatic nitrogens is 2. The summed E-state index contributed by atoms with van der Waals surface area (Å²) in [5.74, 6) is 0.318. The molecule has 0 saturated carbocycles. The van der Waals surface area contributed by atoms with E-state index < -0.39 is 0 Å². The predicted octanol–water partition coefficient (Wildman–Crippen LogP) is 1.52. The van der Waals surface area contributed by atoms with Crippen LogP contribution >= 0.6 is 12.2 Å². The van der Waals surface area contributed by atoms with E-state index in [9.17, 15) is 9.59 Å². The normalized spacial score (nSPS) is 10.7. The fourth-order valence-electron chi connectivity index (χ4n) is 1.88. The van der Waals surface area contributed by atoms with E-state index in [1.165, 1.54) is 12.3 Å². The maximum Gasteiger partial charge on any atom is 0.251 e. The number of nitrogens with one attached hydrogen (secondary N) is 3. The molecule has 2 aromatic rings. The van der Waals surface area contributed by atoms with Gasteiger partial charge in [-0.2, -0.15) is 5.10 Å². The monoisotopic (exact) mass is 332 g/mol. The Labute approximate surface area is 137 Å². The standard InChI is InChI=1S/C15H16N4O3S/c1-2-22-12-6-4-3-5-10(12)9-16-19-14(21)8-11-7-13(20)18-15(23)17-11/h3-7,9H,2,8H2,1H3,(H,19,21)(H2,17,18,20,23)/b16-9-. The molecule has 0 fully saturated rings. The zero-order chi connectivity index (χ0) is 16.7. The molecule has 1 heterocycles. The van der Waals surface area contributed by atoms with Gasteiger partial charge in [0.2, 0.25) is 5.91 Å². The van der Waals surface area contributed by atoms with Crippen molar-refractivity contribution in [3.8, 4) is 5.75 Å². The Bertz CT molecular complexity index is 797. The van der Waals surface area contributed by atoms with Crippen LogP contribution in [0.4, 0.5) is 0 Å². The molecule has 120 valence electrons. The number of carbonyl (C=O) groups is 1. The summed E-state index contributed by atoms with van der Waals surface area (Å²) in [5.41, 5.74) is 3.21. The largest absolute Gasteiger partial charge is 0.493 e. The van der Waals surface area contributed by atoms with Crippen molar-refractivity contribution in [1.82, 2.24) is 15.4 Å². The Hall–Kier alpha value is -2.74. The molecule has 0 spiro atoms. The maximum atomic E-state index is 11.8. The number of H-pyrrole nitrogens is 2. The van der Waals surface area contributed by atoms with E-state index in [0.29, 0.717) is 18.1 Å². The van der Waals surface area contributed by atoms with Crippen molar-refractivity contribution >= 4 is 24.3 Å². The van der Waals surface area contributed by atoms with Crippen LogP contribution in [0.15, 0.2) is 40.2 Å². The second kappa shape index (κ2) is 8.04. The van der Waals surface area contributed by atoms with Crippen LogP contribution in [0.3, 0.4) is 0 Å². The third-order valence-electron chi connectivity index (χ3n) is 2.78. The number of rotatable bonds is 6. The summed E-state index contributed by atoms with van der Waals surface area (Å²) in [4.78, 5) is 28.2. The van der Waals surface area contributed by atoms with Crippen molar-refractivity contribution in [2.45, 2.75) is 13.3 Å². The Morgan fingerprint density at radius 1 is 1.39 bits per heavy atom. The minimum Gasteiger partial charge on any atom is -0.493 e. The highest BCUT2D eigenvalue weighted by molar-refractivity contribution is 7.71. The number of hydrogen-bond acceptors (Lipinski definition) is 5. The molecule has 2 rings (SSSR count). The number of carbonyl (C=O) groups excluding carboxylic acids is 1. The molecule has 0 radical (unpaired) electrons. The van der Waals surface area contributed by atoms with Gasteiger partial charge in [0.05, 0.1) is 19.2 Å². The average molecular weight is 332 g/mol. The van der Waals surface area contributed by atoms with Crippen molar-refractivity contribution in [2.24, 2.45) is 5.10 Å². The molecule has 0 unspecified atom stereocenters. The highest BCUT2D eigenvalue weighted by atomic mass is 32.1. The predicted molar refractivity (Wildman–Crippen MR) is 89.3 cm³/mol. The lowest BCUT2D eigenvalue weighted by molar-refractivity contribution is -0.120. The summed E-state index contributed by atoms with van der Waals surface area (Å²) in [5, 5.41) is 3.90. The van der Waals surface area contributed by atoms with Gasteiger partial charge in [-0.1, -0.05) is 12.1 Å². The zero-order valence-electron chi connectivity index (χ0n) is 12.5. The first kappa shape index (κ1) is 16.6. The van der Waals surface area contributed by atoms with Gasteiger partial charge in [-0.25, -0.2) is 5.43 Å². The van der Waals surface area contributed by atoms with E-state index in [1.807, 2.05) is 31.2 Å². The molecule has 3 N–H and O–H groups in total. The van der Waals surface area contributed by atoms with Gasteiger partial charge in [0, 0.05) is 17.3 Å². The third-order valence-corrected chi connectivity index (χ3v) is 2.98. The van der Waals surface area contributed by atoms with Crippen molar-refractivity contribution in [3.05, 3.63) is 56.7 Å². The molecule has 0 saturated heterocycles. The number of hydrazone groups is 1. The fraction of sp³-hybridized carbons (Fsp3) is 0.200. The number of hydrogen-bond donors (Lipinski definition) is 3. The molecule has 8 heteroatoms. The van der Waals surface area contributed by atoms with E-state index in [2.05, 4.69) is 20.5 Å². The zero-order valence-corrected chi connectivity index (χ0v) is 13.3. The molecule has 0 aliphatic carbocycles. The first-order valence-electron chi connectivity index (χ1n) is 6.94. The molecule has 23 heavy (non-hydrogen) atoms. The van der Waals surface area contributed by atoms with Crippen molar-refractivity contribution in [2.75, 3.05) is 6.61 Å². The third kappa shape index (κ3) is 5.19. The maximum absolute atomic E-state index is 11.8. The lowest BCUT2D eigenvalue weighted by Gasteiger charge is -2.05. The highest BCUT2D eigenvalue weighted by Gasteiger charge is 2.04. The van der Waals surface area contributed by atoms with E-state index in [-0.39, 0.29) is 22.7 Å². The lowest BCUT2D eigenvalue weighted by Crippen LogP contribution is -2.21. The van der Waals surface area contributed by atoms with Crippen LogP contribution in [0.25, 0.3) is 0 Å². The van der Waals surface area contributed by atoms with Gasteiger partial charge in [0.15, 0.2) is 4.77 Å². The van der Waals surface area contributed by atoms with Gasteiger partial charge >= 0.3 is 0 Å². The minimum absolute atomic E-state index is 0.0298. The molecule has 0 aliphatic heterocycles. The van der Waals surface area contributed by atoms with E-state index >= 15 is 0 Å². The molecule has 0 aliphatic rings. The molecular weight excluding hydrogens is 316 g/mol. The second-order valence-corrected chi connectivity index (χ2v) is 4.96. The smallest absolute Gasteiger partial charge is 0.251 e. The summed E-state index contributed by atoms with van der Waals surface area (Å²) in [6.45, 7) is 2.43. The lowest BCUT2D eigenvalue weighted by atomic mass is 10.2. The molecule has 7 nitrogen and oxygen atoms in total. The molecule has 1 aromatic heterocycles. The molecule has 1 amide bonds. The second-order valence-electron chi connectivity index (χ2n) is 4.55. The van der Waals surface area contributed by atoms with E-state index in [1.54, 1.807) is 0 Å². The summed E-state index contributed by atoms with van der Waals surface area (Å²) < 4.78 is 5.63. The number of nitrogens with zero attached hydrogens (tertiary/aromatic N) is 1. The number of para-hydroxylation sites is 1. The summed E-state index contributed by atoms with van der Waals surface area (Å²) in [6.07, 6.45) is 1.47. The van der Waals surface area contributed by atoms with Gasteiger partial charge in [-0.05, 0) is 31.3 Å². The fourth-order valence-corrected chi connectivity index (χ4v) is 2.11. The first-order chi connectivity index (χ1) is 11.1. The molecule has 1 aromatic carbocycles. The van der Waals surface area contributed by atoms with Crippen LogP contribution in [0.2, 0.25) is 0 Å². The summed E-state index contributed by atoms with van der Waals surface area (Å²) in [7, 11) is 0. The summed E-state index contributed by atoms with van der Waals surface area (Å²) in [6, 6.07) is 8.64. The van der Waals surface area contributed by atoms with Gasteiger partial charge in [0.25, 0.3) is 5.56 Å². The molecule has 0 atom stereocenters. The van der Waals surface area contributed by atoms with Crippen LogP contribution in [0.1, 0.15) is 18.2 Å². The Morgan fingerprint density at radius 2 is 2.17 bits per heavy atom. The Morgan fingerprint density at radius 3 is 2.91 bits per heavy atom. The topological polar surface area (TPSA) is 99.3 Å². The number of amides is 1. The SMILES string of the molecule is CCOc1ccccc1/C=N\NC(=O)Cc1cc(=O)[nH]c(=S)[nH]1. The van der Waals surface area contributed by atoms with Crippen LogP contribution in [-0.4, -0.2) is 28.7 Å². The first-order valence-corrected chi connectivity index (χ1v) is 7.35. The van der Waals surface area contributed by atoms with Crippen LogP contribution < -0.4 is 15.7 Å². The quantitative estimate of drug-likeness (QED) is 0.424. The summed E-state index contributed by atoms with van der Waals surface area (Å²) >= 11 is 4.84. The van der Waals surface area contributed by atoms with Gasteiger partial charge in [-0.3, -0.25) is 14.6 Å². The highest BCUT2D eigenvalue weighted by Crippen LogP contribution is 2.15. The number of aromatic amines is 2. The average Bonchev–Trinajstić information content (AvgIpc) is 2.48.